The lowest BCUT2D eigenvalue weighted by atomic mass is 10.1. The van der Waals surface area contributed by atoms with Gasteiger partial charge in [-0.15, -0.1) is 13.2 Å². The highest BCUT2D eigenvalue weighted by atomic mass is 32.2. The summed E-state index contributed by atoms with van der Waals surface area (Å²) >= 11 is 0. The molecule has 0 unspecified atom stereocenters. The highest BCUT2D eigenvalue weighted by molar-refractivity contribution is 7.89. The van der Waals surface area contributed by atoms with Gasteiger partial charge in [0.05, 0.1) is 22.6 Å². The number of sulfonamides is 1. The molecule has 0 spiro atoms. The highest BCUT2D eigenvalue weighted by Crippen LogP contribution is 2.26. The normalized spacial score (nSPS) is 15.7. The Kier molecular flexibility index (Phi) is 7.02. The third kappa shape index (κ3) is 5.97. The van der Waals surface area contributed by atoms with Crippen LogP contribution < -0.4 is 10.2 Å². The van der Waals surface area contributed by atoms with E-state index in [0.29, 0.717) is 18.4 Å². The molecule has 0 atom stereocenters. The quantitative estimate of drug-likeness (QED) is 0.652. The van der Waals surface area contributed by atoms with E-state index in [1.54, 1.807) is 12.1 Å². The Morgan fingerprint density at radius 3 is 2.38 bits per heavy atom. The van der Waals surface area contributed by atoms with Gasteiger partial charge in [0, 0.05) is 18.7 Å². The molecule has 32 heavy (non-hydrogen) atoms. The van der Waals surface area contributed by atoms with Crippen molar-refractivity contribution in [2.24, 2.45) is 0 Å². The Morgan fingerprint density at radius 2 is 1.78 bits per heavy atom. The summed E-state index contributed by atoms with van der Waals surface area (Å²) in [6, 6.07) is 12.0. The van der Waals surface area contributed by atoms with Crippen molar-refractivity contribution in [2.75, 3.05) is 13.1 Å². The summed E-state index contributed by atoms with van der Waals surface area (Å²) < 4.78 is 67.1. The standard InChI is InChI=1S/C20H18F3N3O5S/c21-20(22,23)30-16-4-6-18(7-5-16)32(28,29)26-10-8-17(9-11-26)31-25-19(27)15-3-1-2-14(12-15)13-24/h1-7,12,17H,8-11H2,(H,25,27). The summed E-state index contributed by atoms with van der Waals surface area (Å²) in [5, 5.41) is 8.89. The number of hydrogen-bond donors (Lipinski definition) is 1. The van der Waals surface area contributed by atoms with E-state index in [-0.39, 0.29) is 23.5 Å². The average molecular weight is 469 g/mol. The van der Waals surface area contributed by atoms with E-state index >= 15 is 0 Å². The predicted molar refractivity (Wildman–Crippen MR) is 105 cm³/mol. The predicted octanol–water partition coefficient (Wildman–Crippen LogP) is 2.97. The number of hydroxylamine groups is 1. The monoisotopic (exact) mass is 469 g/mol. The lowest BCUT2D eigenvalue weighted by Gasteiger charge is -2.30. The molecule has 170 valence electrons. The Morgan fingerprint density at radius 1 is 1.12 bits per heavy atom. The van der Waals surface area contributed by atoms with E-state index in [0.717, 1.165) is 24.3 Å². The van der Waals surface area contributed by atoms with Gasteiger partial charge in [-0.1, -0.05) is 6.07 Å². The highest BCUT2D eigenvalue weighted by Gasteiger charge is 2.32. The largest absolute Gasteiger partial charge is 0.573 e. The summed E-state index contributed by atoms with van der Waals surface area (Å²) in [6.45, 7) is 0.210. The topological polar surface area (TPSA) is 109 Å². The van der Waals surface area contributed by atoms with E-state index in [1.165, 1.54) is 16.4 Å². The Balaban J connectivity index is 1.53. The second-order valence-electron chi connectivity index (χ2n) is 6.86. The van der Waals surface area contributed by atoms with Crippen molar-refractivity contribution in [3.05, 3.63) is 59.7 Å². The smallest absolute Gasteiger partial charge is 0.406 e. The van der Waals surface area contributed by atoms with Gasteiger partial charge >= 0.3 is 6.36 Å². The number of rotatable bonds is 6. The molecule has 8 nitrogen and oxygen atoms in total. The van der Waals surface area contributed by atoms with Gasteiger partial charge < -0.3 is 4.74 Å². The van der Waals surface area contributed by atoms with Crippen LogP contribution in [0.2, 0.25) is 0 Å². The van der Waals surface area contributed by atoms with Crippen molar-refractivity contribution in [3.63, 3.8) is 0 Å². The molecular weight excluding hydrogens is 451 g/mol. The third-order valence-corrected chi connectivity index (χ3v) is 6.58. The van der Waals surface area contributed by atoms with Gasteiger partial charge in [-0.3, -0.25) is 9.63 Å². The summed E-state index contributed by atoms with van der Waals surface area (Å²) in [5.74, 6) is -1.04. The second kappa shape index (κ2) is 9.56. The SMILES string of the molecule is N#Cc1cccc(C(=O)NOC2CCN(S(=O)(=O)c3ccc(OC(F)(F)F)cc3)CC2)c1. The number of halogens is 3. The average Bonchev–Trinajstić information content (AvgIpc) is 2.77. The Hall–Kier alpha value is -3.14. The van der Waals surface area contributed by atoms with E-state index in [9.17, 15) is 26.4 Å². The van der Waals surface area contributed by atoms with E-state index in [1.807, 2.05) is 6.07 Å². The molecule has 1 aliphatic rings. The maximum atomic E-state index is 12.7. The molecule has 1 heterocycles. The maximum Gasteiger partial charge on any atom is 0.573 e. The molecule has 1 N–H and O–H groups in total. The van der Waals surface area contributed by atoms with Gasteiger partial charge in [0.1, 0.15) is 5.75 Å². The second-order valence-corrected chi connectivity index (χ2v) is 8.80. The molecule has 2 aromatic rings. The van der Waals surface area contributed by atoms with Crippen molar-refractivity contribution in [2.45, 2.75) is 30.2 Å². The summed E-state index contributed by atoms with van der Waals surface area (Å²) in [6.07, 6.45) is -4.69. The summed E-state index contributed by atoms with van der Waals surface area (Å²) in [4.78, 5) is 17.4. The lowest BCUT2D eigenvalue weighted by Crippen LogP contribution is -2.42. The van der Waals surface area contributed by atoms with Crippen LogP contribution in [0.4, 0.5) is 13.2 Å². The van der Waals surface area contributed by atoms with Crippen LogP contribution in [0.5, 0.6) is 5.75 Å². The van der Waals surface area contributed by atoms with E-state index in [4.69, 9.17) is 10.1 Å². The number of ether oxygens (including phenoxy) is 1. The van der Waals surface area contributed by atoms with Gasteiger partial charge in [0.2, 0.25) is 10.0 Å². The molecule has 0 aromatic heterocycles. The molecule has 12 heteroatoms. The van der Waals surface area contributed by atoms with Crippen LogP contribution >= 0.6 is 0 Å². The minimum absolute atomic E-state index is 0.105. The Bertz CT molecular complexity index is 1110. The van der Waals surface area contributed by atoms with Crippen LogP contribution in [-0.4, -0.2) is 44.2 Å². The van der Waals surface area contributed by atoms with Crippen molar-refractivity contribution in [1.82, 2.24) is 9.79 Å². The zero-order valence-corrected chi connectivity index (χ0v) is 17.3. The fraction of sp³-hybridized carbons (Fsp3) is 0.300. The van der Waals surface area contributed by atoms with Crippen molar-refractivity contribution < 1.29 is 36.0 Å². The molecule has 3 rings (SSSR count). The molecule has 1 saturated heterocycles. The van der Waals surface area contributed by atoms with E-state index < -0.39 is 34.1 Å². The first-order chi connectivity index (χ1) is 15.1. The number of piperidine rings is 1. The fourth-order valence-corrected chi connectivity index (χ4v) is 4.55. The summed E-state index contributed by atoms with van der Waals surface area (Å²) in [7, 11) is -3.90. The van der Waals surface area contributed by atoms with Crippen LogP contribution in [-0.2, 0) is 14.9 Å². The number of nitrogens with one attached hydrogen (secondary N) is 1. The molecule has 0 saturated carbocycles. The van der Waals surface area contributed by atoms with Crippen LogP contribution in [0.1, 0.15) is 28.8 Å². The number of amides is 1. The molecular formula is C20H18F3N3O5S. The van der Waals surface area contributed by atoms with E-state index in [2.05, 4.69) is 10.2 Å². The van der Waals surface area contributed by atoms with Gasteiger partial charge in [0.25, 0.3) is 5.91 Å². The number of nitrogens with zero attached hydrogens (tertiary/aromatic N) is 2. The van der Waals surface area contributed by atoms with Crippen LogP contribution in [0, 0.1) is 11.3 Å². The molecule has 0 radical (unpaired) electrons. The molecule has 0 aliphatic carbocycles. The van der Waals surface area contributed by atoms with Gasteiger partial charge in [-0.05, 0) is 55.3 Å². The minimum Gasteiger partial charge on any atom is -0.406 e. The van der Waals surface area contributed by atoms with Crippen molar-refractivity contribution in [1.29, 1.82) is 5.26 Å². The van der Waals surface area contributed by atoms with Crippen LogP contribution in [0.25, 0.3) is 0 Å². The first kappa shape index (κ1) is 23.5. The lowest BCUT2D eigenvalue weighted by molar-refractivity contribution is -0.274. The fourth-order valence-electron chi connectivity index (χ4n) is 3.08. The zero-order valence-electron chi connectivity index (χ0n) is 16.5. The number of carbonyl (C=O) groups excluding carboxylic acids is 1. The van der Waals surface area contributed by atoms with Gasteiger partial charge in [0.15, 0.2) is 0 Å². The van der Waals surface area contributed by atoms with Crippen molar-refractivity contribution >= 4 is 15.9 Å². The number of alkyl halides is 3. The van der Waals surface area contributed by atoms with Gasteiger partial charge in [-0.2, -0.15) is 9.57 Å². The number of nitriles is 1. The van der Waals surface area contributed by atoms with Crippen molar-refractivity contribution in [3.8, 4) is 11.8 Å². The van der Waals surface area contributed by atoms with Gasteiger partial charge in [-0.25, -0.2) is 13.9 Å². The maximum absolute atomic E-state index is 12.7. The first-order valence-corrected chi connectivity index (χ1v) is 10.8. The zero-order chi connectivity index (χ0) is 23.4. The molecule has 1 amide bonds. The Labute approximate surface area is 182 Å². The number of carbonyl (C=O) groups is 1. The number of hydrogen-bond acceptors (Lipinski definition) is 6. The molecule has 0 bridgehead atoms. The molecule has 1 aliphatic heterocycles. The number of benzene rings is 2. The summed E-state index contributed by atoms with van der Waals surface area (Å²) in [5.41, 5.74) is 2.89. The molecule has 2 aromatic carbocycles. The minimum atomic E-state index is -4.86. The van der Waals surface area contributed by atoms with Crippen LogP contribution in [0.15, 0.2) is 53.4 Å². The third-order valence-electron chi connectivity index (χ3n) is 4.67. The van der Waals surface area contributed by atoms with Crippen LogP contribution in [0.3, 0.4) is 0 Å². The first-order valence-electron chi connectivity index (χ1n) is 9.40. The molecule has 1 fully saturated rings.